The third-order valence-electron chi connectivity index (χ3n) is 20.8. The van der Waals surface area contributed by atoms with Gasteiger partial charge in [0.25, 0.3) is 0 Å². The minimum Gasteiger partial charge on any atom is -0.462 e. The molecule has 0 radical (unpaired) electrons. The number of esters is 4. The van der Waals surface area contributed by atoms with Gasteiger partial charge >= 0.3 is 39.5 Å². The Bertz CT molecular complexity index is 2000. The summed E-state index contributed by atoms with van der Waals surface area (Å²) in [6, 6.07) is 0. The molecule has 0 aromatic rings. The highest BCUT2D eigenvalue weighted by atomic mass is 31.2. The van der Waals surface area contributed by atoms with E-state index in [4.69, 9.17) is 37.0 Å². The number of ether oxygens (including phenoxy) is 4. The number of rotatable bonds is 80. The van der Waals surface area contributed by atoms with Crippen LogP contribution in [0.25, 0.3) is 0 Å². The van der Waals surface area contributed by atoms with E-state index >= 15 is 0 Å². The SMILES string of the molecule is CCC(C)CCCCCCCCCCCCCCCCCCCCC(=O)O[C@H](COC(=O)CCCCCCCCC(C)CC)COP(=O)(O)OC[C@H](O)COP(=O)(O)OC[C@@H](COC(=O)CCCCCCCCCCC(C)CC)OC(=O)CCCCCCCCCCCCCCCCC(C)CC. The molecule has 0 amide bonds. The van der Waals surface area contributed by atoms with Crippen molar-refractivity contribution in [3.8, 4) is 0 Å². The Morgan fingerprint density at radius 3 is 0.647 bits per heavy atom. The normalized spacial score (nSPS) is 15.0. The van der Waals surface area contributed by atoms with E-state index in [9.17, 15) is 43.2 Å². The summed E-state index contributed by atoms with van der Waals surface area (Å²) in [5.41, 5.74) is 0. The maximum absolute atomic E-state index is 13.1. The van der Waals surface area contributed by atoms with E-state index in [2.05, 4.69) is 55.4 Å². The highest BCUT2D eigenvalue weighted by Gasteiger charge is 2.30. The van der Waals surface area contributed by atoms with Gasteiger partial charge in [-0.25, -0.2) is 9.13 Å². The van der Waals surface area contributed by atoms with Gasteiger partial charge in [0.15, 0.2) is 12.2 Å². The number of unbranched alkanes of at least 4 members (excludes halogenated alkanes) is 42. The van der Waals surface area contributed by atoms with Crippen molar-refractivity contribution in [2.45, 2.75) is 446 Å². The summed E-state index contributed by atoms with van der Waals surface area (Å²) in [5, 5.41) is 10.7. The van der Waals surface area contributed by atoms with Crippen LogP contribution in [0.5, 0.6) is 0 Å². The van der Waals surface area contributed by atoms with E-state index in [0.717, 1.165) is 120 Å². The number of aliphatic hydroxyl groups is 1. The molecule has 0 rings (SSSR count). The Balaban J connectivity index is 5.20. The zero-order valence-corrected chi connectivity index (χ0v) is 69.0. The first-order valence-corrected chi connectivity index (χ1v) is 45.8. The highest BCUT2D eigenvalue weighted by molar-refractivity contribution is 7.47. The molecule has 0 spiro atoms. The molecule has 102 heavy (non-hydrogen) atoms. The molecule has 17 nitrogen and oxygen atoms in total. The van der Waals surface area contributed by atoms with Gasteiger partial charge in [-0.3, -0.25) is 37.3 Å². The number of carbonyl (C=O) groups excluding carboxylic acids is 4. The van der Waals surface area contributed by atoms with Gasteiger partial charge in [0, 0.05) is 25.7 Å². The van der Waals surface area contributed by atoms with E-state index in [0.29, 0.717) is 25.7 Å². The van der Waals surface area contributed by atoms with Crippen molar-refractivity contribution in [2.24, 2.45) is 23.7 Å². The Hall–Kier alpha value is -1.94. The van der Waals surface area contributed by atoms with Crippen LogP contribution in [0.2, 0.25) is 0 Å². The Labute approximate surface area is 626 Å². The topological polar surface area (TPSA) is 237 Å². The summed E-state index contributed by atoms with van der Waals surface area (Å²) in [6.07, 6.45) is 59.6. The molecular formula is C83H162O17P2. The first-order valence-electron chi connectivity index (χ1n) is 42.9. The molecule has 0 bridgehead atoms. The molecule has 0 saturated carbocycles. The van der Waals surface area contributed by atoms with Crippen molar-refractivity contribution in [2.75, 3.05) is 39.6 Å². The fourth-order valence-corrected chi connectivity index (χ4v) is 14.2. The van der Waals surface area contributed by atoms with E-state index in [-0.39, 0.29) is 25.7 Å². The standard InChI is InChI=1S/C83H162O17P2/c1-9-73(5)59-51-43-35-29-25-21-17-15-13-14-16-18-23-27-31-39-49-57-66-83(88)100-79(70-94-81(86)64-56-48-42-41-46-54-62-76(8)12-4)72-98-102(91,92)96-68-77(84)67-95-101(89,90)97-71-78(69-93-80(85)63-55-47-38-34-33-37-45-53-61-75(7)11-3)99-82(87)65-58-50-40-32-28-24-20-19-22-26-30-36-44-52-60-74(6)10-2/h73-79,84H,9-72H2,1-8H3,(H,89,90)(H,91,92)/t73?,74?,75?,76?,77-,78-,79-/m1/s1. The molecule has 0 aliphatic heterocycles. The molecule has 0 saturated heterocycles. The monoisotopic (exact) mass is 1490 g/mol. The molecule has 6 unspecified atom stereocenters. The predicted octanol–water partition coefficient (Wildman–Crippen LogP) is 24.8. The summed E-state index contributed by atoms with van der Waals surface area (Å²) in [4.78, 5) is 73.1. The lowest BCUT2D eigenvalue weighted by molar-refractivity contribution is -0.161. The smallest absolute Gasteiger partial charge is 0.462 e. The molecule has 0 aliphatic rings. The van der Waals surface area contributed by atoms with Crippen molar-refractivity contribution in [3.05, 3.63) is 0 Å². The van der Waals surface area contributed by atoms with Crippen molar-refractivity contribution in [1.82, 2.24) is 0 Å². The van der Waals surface area contributed by atoms with Gasteiger partial charge in [-0.05, 0) is 49.4 Å². The molecule has 19 heteroatoms. The Kier molecular flexibility index (Phi) is 70.6. The largest absolute Gasteiger partial charge is 0.472 e. The van der Waals surface area contributed by atoms with Crippen LogP contribution in [0, 0.1) is 23.7 Å². The molecular weight excluding hydrogens is 1330 g/mol. The lowest BCUT2D eigenvalue weighted by atomic mass is 9.99. The Morgan fingerprint density at radius 1 is 0.265 bits per heavy atom. The molecule has 0 heterocycles. The number of phosphoric acid groups is 2. The van der Waals surface area contributed by atoms with E-state index in [1.165, 1.54) is 225 Å². The first kappa shape index (κ1) is 100. The highest BCUT2D eigenvalue weighted by Crippen LogP contribution is 2.45. The number of hydrogen-bond donors (Lipinski definition) is 3. The zero-order chi connectivity index (χ0) is 75.3. The fourth-order valence-electron chi connectivity index (χ4n) is 12.7. The quantitative estimate of drug-likeness (QED) is 0.0222. The molecule has 0 aromatic heterocycles. The Morgan fingerprint density at radius 2 is 0.441 bits per heavy atom. The number of carbonyl (C=O) groups is 4. The van der Waals surface area contributed by atoms with E-state index < -0.39 is 97.5 Å². The second-order valence-electron chi connectivity index (χ2n) is 30.8. The number of aliphatic hydroxyl groups excluding tert-OH is 1. The number of phosphoric ester groups is 2. The van der Waals surface area contributed by atoms with Crippen molar-refractivity contribution in [1.29, 1.82) is 0 Å². The average Bonchev–Trinajstić information content (AvgIpc) is 0.934. The van der Waals surface area contributed by atoms with Crippen molar-refractivity contribution < 1.29 is 80.2 Å². The molecule has 0 aromatic carbocycles. The summed E-state index contributed by atoms with van der Waals surface area (Å²) in [5.74, 6) is 1.11. The summed E-state index contributed by atoms with van der Waals surface area (Å²) < 4.78 is 68.8. The van der Waals surface area contributed by atoms with Crippen LogP contribution in [0.3, 0.4) is 0 Å². The molecule has 0 fully saturated rings. The van der Waals surface area contributed by atoms with Gasteiger partial charge in [-0.1, -0.05) is 376 Å². The van der Waals surface area contributed by atoms with Crippen LogP contribution in [-0.2, 0) is 65.4 Å². The minimum atomic E-state index is -4.96. The minimum absolute atomic E-state index is 0.107. The van der Waals surface area contributed by atoms with Gasteiger partial charge in [0.2, 0.25) is 0 Å². The van der Waals surface area contributed by atoms with Gasteiger partial charge in [-0.2, -0.15) is 0 Å². The summed E-state index contributed by atoms with van der Waals surface area (Å²) in [7, 11) is -9.92. The van der Waals surface area contributed by atoms with E-state index in [1.54, 1.807) is 0 Å². The van der Waals surface area contributed by atoms with Gasteiger partial charge in [-0.15, -0.1) is 0 Å². The van der Waals surface area contributed by atoms with Gasteiger partial charge in [0.1, 0.15) is 19.3 Å². The van der Waals surface area contributed by atoms with Crippen LogP contribution in [-0.4, -0.2) is 96.7 Å². The lowest BCUT2D eigenvalue weighted by Gasteiger charge is -2.21. The summed E-state index contributed by atoms with van der Waals surface area (Å²) in [6.45, 7) is 14.3. The van der Waals surface area contributed by atoms with Crippen molar-refractivity contribution >= 4 is 39.5 Å². The molecule has 0 aliphatic carbocycles. The summed E-state index contributed by atoms with van der Waals surface area (Å²) >= 11 is 0. The van der Waals surface area contributed by atoms with E-state index in [1.807, 2.05) is 0 Å². The van der Waals surface area contributed by atoms with Crippen LogP contribution in [0.4, 0.5) is 0 Å². The third-order valence-corrected chi connectivity index (χ3v) is 22.7. The predicted molar refractivity (Wildman–Crippen MR) is 418 cm³/mol. The average molecular weight is 1490 g/mol. The van der Waals surface area contributed by atoms with Crippen LogP contribution in [0.15, 0.2) is 0 Å². The second kappa shape index (κ2) is 72.0. The van der Waals surface area contributed by atoms with Crippen LogP contribution in [0.1, 0.15) is 428 Å². The van der Waals surface area contributed by atoms with Gasteiger partial charge < -0.3 is 33.8 Å². The lowest BCUT2D eigenvalue weighted by Crippen LogP contribution is -2.30. The third kappa shape index (κ3) is 71.0. The number of hydrogen-bond acceptors (Lipinski definition) is 15. The zero-order valence-electron chi connectivity index (χ0n) is 67.2. The maximum Gasteiger partial charge on any atom is 0.472 e. The molecule has 606 valence electrons. The van der Waals surface area contributed by atoms with Crippen LogP contribution < -0.4 is 0 Å². The maximum atomic E-state index is 13.1. The van der Waals surface area contributed by atoms with Gasteiger partial charge in [0.05, 0.1) is 26.4 Å². The van der Waals surface area contributed by atoms with Crippen LogP contribution >= 0.6 is 15.6 Å². The van der Waals surface area contributed by atoms with Crippen molar-refractivity contribution in [3.63, 3.8) is 0 Å². The second-order valence-corrected chi connectivity index (χ2v) is 33.7. The fraction of sp³-hybridized carbons (Fsp3) is 0.952. The molecule has 3 N–H and O–H groups in total. The first-order chi connectivity index (χ1) is 49.2. The molecule has 9 atom stereocenters.